The number of hydrogen-bond donors (Lipinski definition) is 0. The fourth-order valence-electron chi connectivity index (χ4n) is 3.17. The molecule has 2 aromatic rings. The summed E-state index contributed by atoms with van der Waals surface area (Å²) in [5.41, 5.74) is 2.12. The monoisotopic (exact) mass is 374 g/mol. The summed E-state index contributed by atoms with van der Waals surface area (Å²) in [5.74, 6) is 0.739. The number of hydrogen-bond acceptors (Lipinski definition) is 4. The van der Waals surface area contributed by atoms with Crippen LogP contribution >= 0.6 is 0 Å². The van der Waals surface area contributed by atoms with Crippen molar-refractivity contribution in [2.24, 2.45) is 0 Å². The van der Waals surface area contributed by atoms with Crippen LogP contribution in [0.1, 0.15) is 37.4 Å². The van der Waals surface area contributed by atoms with Crippen molar-refractivity contribution in [2.75, 3.05) is 13.1 Å². The molecule has 0 saturated carbocycles. The van der Waals surface area contributed by atoms with E-state index in [-0.39, 0.29) is 6.10 Å². The van der Waals surface area contributed by atoms with Crippen molar-refractivity contribution in [2.45, 2.75) is 50.5 Å². The Morgan fingerprint density at radius 3 is 2.38 bits per heavy atom. The van der Waals surface area contributed by atoms with E-state index < -0.39 is 10.0 Å². The summed E-state index contributed by atoms with van der Waals surface area (Å²) < 4.78 is 33.2. The second-order valence-corrected chi connectivity index (χ2v) is 8.69. The summed E-state index contributed by atoms with van der Waals surface area (Å²) in [6.45, 7) is 5.00. The summed E-state index contributed by atoms with van der Waals surface area (Å²) in [5, 5.41) is 0. The summed E-state index contributed by atoms with van der Waals surface area (Å²) in [6, 6.07) is 11.1. The zero-order valence-electron chi connectivity index (χ0n) is 15.4. The van der Waals surface area contributed by atoms with E-state index in [1.807, 2.05) is 31.2 Å². The second kappa shape index (κ2) is 8.18. The Hall–Kier alpha value is -1.92. The van der Waals surface area contributed by atoms with Gasteiger partial charge < -0.3 is 4.74 Å². The van der Waals surface area contributed by atoms with Gasteiger partial charge in [-0.1, -0.05) is 25.5 Å². The number of aryl methyl sites for hydroxylation is 2. The smallest absolute Gasteiger partial charge is 0.243 e. The maximum absolute atomic E-state index is 12.8. The predicted octanol–water partition coefficient (Wildman–Crippen LogP) is 3.57. The van der Waals surface area contributed by atoms with Crippen molar-refractivity contribution in [3.8, 4) is 5.75 Å². The van der Waals surface area contributed by atoms with Crippen LogP contribution in [0.5, 0.6) is 5.75 Å². The van der Waals surface area contributed by atoms with E-state index in [9.17, 15) is 8.42 Å². The third kappa shape index (κ3) is 4.43. The van der Waals surface area contributed by atoms with Crippen LogP contribution < -0.4 is 4.74 Å². The van der Waals surface area contributed by atoms with Gasteiger partial charge in [0.25, 0.3) is 0 Å². The molecule has 0 N–H and O–H groups in total. The molecule has 0 spiro atoms. The predicted molar refractivity (Wildman–Crippen MR) is 102 cm³/mol. The zero-order valence-corrected chi connectivity index (χ0v) is 16.2. The van der Waals surface area contributed by atoms with E-state index in [0.717, 1.165) is 24.3 Å². The molecule has 0 unspecified atom stereocenters. The average Bonchev–Trinajstić information content (AvgIpc) is 2.65. The average molecular weight is 375 g/mol. The van der Waals surface area contributed by atoms with Gasteiger partial charge in [-0.3, -0.25) is 4.98 Å². The van der Waals surface area contributed by atoms with Gasteiger partial charge in [-0.25, -0.2) is 8.42 Å². The molecule has 0 amide bonds. The van der Waals surface area contributed by atoms with Crippen molar-refractivity contribution in [1.29, 1.82) is 0 Å². The van der Waals surface area contributed by atoms with E-state index in [4.69, 9.17) is 4.74 Å². The summed E-state index contributed by atoms with van der Waals surface area (Å²) in [7, 11) is -3.43. The van der Waals surface area contributed by atoms with Crippen LogP contribution in [-0.4, -0.2) is 36.9 Å². The normalized spacial score (nSPS) is 16.5. The van der Waals surface area contributed by atoms with Crippen LogP contribution in [0.15, 0.2) is 47.5 Å². The van der Waals surface area contributed by atoms with Gasteiger partial charge in [0.15, 0.2) is 0 Å². The highest BCUT2D eigenvalue weighted by Crippen LogP contribution is 2.24. The highest BCUT2D eigenvalue weighted by molar-refractivity contribution is 7.89. The van der Waals surface area contributed by atoms with Crippen molar-refractivity contribution >= 4 is 10.0 Å². The molecule has 140 valence electrons. The quantitative estimate of drug-likeness (QED) is 0.775. The zero-order chi connectivity index (χ0) is 18.6. The lowest BCUT2D eigenvalue weighted by atomic mass is 10.1. The fourth-order valence-corrected chi connectivity index (χ4v) is 4.64. The Morgan fingerprint density at radius 1 is 1.12 bits per heavy atom. The van der Waals surface area contributed by atoms with Gasteiger partial charge in [-0.15, -0.1) is 0 Å². The first-order valence-electron chi connectivity index (χ1n) is 9.17. The largest absolute Gasteiger partial charge is 0.489 e. The van der Waals surface area contributed by atoms with E-state index in [2.05, 4.69) is 11.9 Å². The molecule has 3 rings (SSSR count). The molecule has 0 bridgehead atoms. The van der Waals surface area contributed by atoms with Crippen molar-refractivity contribution in [3.63, 3.8) is 0 Å². The first kappa shape index (κ1) is 18.9. The highest BCUT2D eigenvalue weighted by atomic mass is 32.2. The number of pyridine rings is 1. The Kier molecular flexibility index (Phi) is 5.94. The first-order valence-corrected chi connectivity index (χ1v) is 10.6. The lowest BCUT2D eigenvalue weighted by Gasteiger charge is -2.31. The molecular weight excluding hydrogens is 348 g/mol. The Labute approximate surface area is 156 Å². The van der Waals surface area contributed by atoms with Gasteiger partial charge >= 0.3 is 0 Å². The van der Waals surface area contributed by atoms with E-state index in [1.165, 1.54) is 5.56 Å². The third-order valence-corrected chi connectivity index (χ3v) is 6.60. The molecule has 6 heteroatoms. The topological polar surface area (TPSA) is 59.5 Å². The molecule has 1 saturated heterocycles. The molecule has 1 aliphatic heterocycles. The van der Waals surface area contributed by atoms with Crippen LogP contribution in [-0.2, 0) is 16.4 Å². The van der Waals surface area contributed by atoms with E-state index in [1.54, 1.807) is 22.6 Å². The maximum atomic E-state index is 12.8. The summed E-state index contributed by atoms with van der Waals surface area (Å²) >= 11 is 0. The lowest BCUT2D eigenvalue weighted by Crippen LogP contribution is -2.41. The van der Waals surface area contributed by atoms with E-state index >= 15 is 0 Å². The molecular formula is C20H26N2O3S. The Morgan fingerprint density at radius 2 is 1.81 bits per heavy atom. The maximum Gasteiger partial charge on any atom is 0.243 e. The van der Waals surface area contributed by atoms with Gasteiger partial charge in [0.2, 0.25) is 10.0 Å². The molecule has 2 heterocycles. The SMILES string of the molecule is CCCc1ccc(S(=O)(=O)N2CCC(Oc3ccc(C)nc3)CC2)cc1. The fraction of sp³-hybridized carbons (Fsp3) is 0.450. The second-order valence-electron chi connectivity index (χ2n) is 6.75. The minimum absolute atomic E-state index is 0.0258. The number of aromatic nitrogens is 1. The van der Waals surface area contributed by atoms with Crippen LogP contribution in [0, 0.1) is 6.92 Å². The van der Waals surface area contributed by atoms with Gasteiger partial charge in [0.1, 0.15) is 11.9 Å². The Bertz CT molecular complexity index is 809. The van der Waals surface area contributed by atoms with Crippen molar-refractivity contribution in [3.05, 3.63) is 53.9 Å². The van der Waals surface area contributed by atoms with Crippen LogP contribution in [0.4, 0.5) is 0 Å². The minimum atomic E-state index is -3.43. The molecule has 1 fully saturated rings. The van der Waals surface area contributed by atoms with Crippen LogP contribution in [0.2, 0.25) is 0 Å². The minimum Gasteiger partial charge on any atom is -0.489 e. The number of rotatable bonds is 6. The number of nitrogens with zero attached hydrogens (tertiary/aromatic N) is 2. The van der Waals surface area contributed by atoms with Crippen LogP contribution in [0.3, 0.4) is 0 Å². The van der Waals surface area contributed by atoms with E-state index in [0.29, 0.717) is 30.8 Å². The third-order valence-electron chi connectivity index (χ3n) is 4.69. The molecule has 5 nitrogen and oxygen atoms in total. The van der Waals surface area contributed by atoms with Crippen molar-refractivity contribution in [1.82, 2.24) is 9.29 Å². The summed E-state index contributed by atoms with van der Waals surface area (Å²) in [4.78, 5) is 4.60. The molecule has 1 aliphatic rings. The van der Waals surface area contributed by atoms with Gasteiger partial charge in [-0.05, 0) is 56.0 Å². The molecule has 1 aromatic carbocycles. The summed E-state index contributed by atoms with van der Waals surface area (Å²) in [6.07, 6.45) is 5.13. The van der Waals surface area contributed by atoms with Gasteiger partial charge in [0.05, 0.1) is 11.1 Å². The molecule has 26 heavy (non-hydrogen) atoms. The highest BCUT2D eigenvalue weighted by Gasteiger charge is 2.30. The molecule has 0 atom stereocenters. The van der Waals surface area contributed by atoms with Gasteiger partial charge in [0, 0.05) is 18.8 Å². The van der Waals surface area contributed by atoms with Crippen molar-refractivity contribution < 1.29 is 13.2 Å². The Balaban J connectivity index is 1.60. The number of ether oxygens (including phenoxy) is 1. The lowest BCUT2D eigenvalue weighted by molar-refractivity contribution is 0.134. The molecule has 0 radical (unpaired) electrons. The standard InChI is InChI=1S/C20H26N2O3S/c1-3-4-17-6-9-20(10-7-17)26(23,24)22-13-11-18(12-14-22)25-19-8-5-16(2)21-15-19/h5-10,15,18H,3-4,11-14H2,1-2H3. The first-order chi connectivity index (χ1) is 12.5. The van der Waals surface area contributed by atoms with Gasteiger partial charge in [-0.2, -0.15) is 4.31 Å². The number of piperidine rings is 1. The number of benzene rings is 1. The van der Waals surface area contributed by atoms with Crippen LogP contribution in [0.25, 0.3) is 0 Å². The molecule has 1 aromatic heterocycles. The number of sulfonamides is 1. The molecule has 0 aliphatic carbocycles.